The van der Waals surface area contributed by atoms with Gasteiger partial charge in [0.15, 0.2) is 0 Å². The number of ether oxygens (including phenoxy) is 1. The Morgan fingerprint density at radius 3 is 1.59 bits per heavy atom. The van der Waals surface area contributed by atoms with Crippen molar-refractivity contribution in [3.8, 4) is 5.75 Å². The highest BCUT2D eigenvalue weighted by atomic mass is 16.5. The molecular formula is C27H49NO. The molecule has 0 aromatic heterocycles. The first-order chi connectivity index (χ1) is 14.1. The minimum absolute atomic E-state index is 0.0197. The molecule has 1 rings (SSSR count). The summed E-state index contributed by atoms with van der Waals surface area (Å²) in [5.74, 6) is 0.953. The normalized spacial score (nSPS) is 11.7. The zero-order chi connectivity index (χ0) is 21.0. The van der Waals surface area contributed by atoms with Gasteiger partial charge in [0.2, 0.25) is 0 Å². The van der Waals surface area contributed by atoms with Crippen LogP contribution in [-0.2, 0) is 0 Å². The Morgan fingerprint density at radius 2 is 1.10 bits per heavy atom. The molecule has 0 saturated carbocycles. The lowest BCUT2D eigenvalue weighted by atomic mass is 10.0. The number of rotatable bonds is 20. The SMILES string of the molecule is CCCCCCCCCCCCCCCCCNC(C)(C)COc1ccccc1. The van der Waals surface area contributed by atoms with Gasteiger partial charge in [-0.3, -0.25) is 0 Å². The molecule has 0 fully saturated rings. The van der Waals surface area contributed by atoms with Crippen LogP contribution in [0, 0.1) is 0 Å². The number of benzene rings is 1. The maximum absolute atomic E-state index is 5.89. The summed E-state index contributed by atoms with van der Waals surface area (Å²) >= 11 is 0. The Balaban J connectivity index is 1.82. The quantitative estimate of drug-likeness (QED) is 0.221. The van der Waals surface area contributed by atoms with Crippen molar-refractivity contribution >= 4 is 0 Å². The molecule has 0 heterocycles. The lowest BCUT2D eigenvalue weighted by molar-refractivity contribution is 0.208. The molecule has 0 saturated heterocycles. The fourth-order valence-electron chi connectivity index (χ4n) is 3.75. The Kier molecular flexibility index (Phi) is 16.0. The molecule has 1 aromatic rings. The first-order valence-corrected chi connectivity index (χ1v) is 12.6. The summed E-state index contributed by atoms with van der Waals surface area (Å²) in [7, 11) is 0. The van der Waals surface area contributed by atoms with Crippen LogP contribution in [0.2, 0.25) is 0 Å². The van der Waals surface area contributed by atoms with Gasteiger partial charge in [0.25, 0.3) is 0 Å². The van der Waals surface area contributed by atoms with E-state index in [1.807, 2.05) is 30.3 Å². The van der Waals surface area contributed by atoms with Gasteiger partial charge < -0.3 is 10.1 Å². The van der Waals surface area contributed by atoms with Crippen LogP contribution >= 0.6 is 0 Å². The second-order valence-corrected chi connectivity index (χ2v) is 9.36. The number of unbranched alkanes of at least 4 members (excludes halogenated alkanes) is 14. The minimum Gasteiger partial charge on any atom is -0.492 e. The smallest absolute Gasteiger partial charge is 0.119 e. The van der Waals surface area contributed by atoms with Crippen LogP contribution in [-0.4, -0.2) is 18.7 Å². The van der Waals surface area contributed by atoms with E-state index in [4.69, 9.17) is 4.74 Å². The van der Waals surface area contributed by atoms with Crippen molar-refractivity contribution in [1.29, 1.82) is 0 Å². The Morgan fingerprint density at radius 1 is 0.655 bits per heavy atom. The van der Waals surface area contributed by atoms with Crippen LogP contribution in [0.1, 0.15) is 117 Å². The molecule has 0 aliphatic heterocycles. The molecule has 0 unspecified atom stereocenters. The average Bonchev–Trinajstić information content (AvgIpc) is 2.73. The lowest BCUT2D eigenvalue weighted by Crippen LogP contribution is -2.45. The fourth-order valence-corrected chi connectivity index (χ4v) is 3.75. The summed E-state index contributed by atoms with van der Waals surface area (Å²) in [4.78, 5) is 0. The molecule has 1 aromatic carbocycles. The first-order valence-electron chi connectivity index (χ1n) is 12.6. The molecule has 0 radical (unpaired) electrons. The van der Waals surface area contributed by atoms with Crippen molar-refractivity contribution < 1.29 is 4.74 Å². The molecule has 0 atom stereocenters. The molecule has 1 N–H and O–H groups in total. The summed E-state index contributed by atoms with van der Waals surface area (Å²) < 4.78 is 5.89. The number of nitrogens with one attached hydrogen (secondary N) is 1. The topological polar surface area (TPSA) is 21.3 Å². The van der Waals surface area contributed by atoms with E-state index in [-0.39, 0.29) is 5.54 Å². The Bertz CT molecular complexity index is 457. The zero-order valence-corrected chi connectivity index (χ0v) is 19.8. The third-order valence-electron chi connectivity index (χ3n) is 5.73. The summed E-state index contributed by atoms with van der Waals surface area (Å²) in [6.07, 6.45) is 21.3. The van der Waals surface area contributed by atoms with Crippen LogP contribution in [0.15, 0.2) is 30.3 Å². The van der Waals surface area contributed by atoms with Crippen LogP contribution in [0.5, 0.6) is 5.75 Å². The van der Waals surface area contributed by atoms with Gasteiger partial charge in [-0.15, -0.1) is 0 Å². The molecule has 168 valence electrons. The molecule has 0 aliphatic carbocycles. The highest BCUT2D eigenvalue weighted by molar-refractivity contribution is 5.21. The second-order valence-electron chi connectivity index (χ2n) is 9.36. The number of para-hydroxylation sites is 1. The van der Waals surface area contributed by atoms with Crippen molar-refractivity contribution in [2.24, 2.45) is 0 Å². The summed E-state index contributed by atoms with van der Waals surface area (Å²) in [6.45, 7) is 8.53. The molecule has 0 spiro atoms. The van der Waals surface area contributed by atoms with Crippen molar-refractivity contribution in [2.45, 2.75) is 123 Å². The predicted molar refractivity (Wildman–Crippen MR) is 129 cm³/mol. The van der Waals surface area contributed by atoms with Gasteiger partial charge in [0.05, 0.1) is 0 Å². The van der Waals surface area contributed by atoms with Gasteiger partial charge in [0, 0.05) is 5.54 Å². The standard InChI is InChI=1S/C27H49NO/c1-4-5-6-7-8-9-10-11-12-13-14-15-16-17-21-24-28-27(2,3)25-29-26-22-19-18-20-23-26/h18-20,22-23,28H,4-17,21,24-25H2,1-3H3. The maximum atomic E-state index is 5.89. The molecule has 29 heavy (non-hydrogen) atoms. The third-order valence-corrected chi connectivity index (χ3v) is 5.73. The number of hydrogen-bond donors (Lipinski definition) is 1. The van der Waals surface area contributed by atoms with Gasteiger partial charge in [0.1, 0.15) is 12.4 Å². The van der Waals surface area contributed by atoms with Crippen LogP contribution < -0.4 is 10.1 Å². The first kappa shape index (κ1) is 26.0. The zero-order valence-electron chi connectivity index (χ0n) is 19.8. The van der Waals surface area contributed by atoms with E-state index in [2.05, 4.69) is 26.1 Å². The summed E-state index contributed by atoms with van der Waals surface area (Å²) in [5.41, 5.74) is 0.0197. The highest BCUT2D eigenvalue weighted by Gasteiger charge is 2.17. The van der Waals surface area contributed by atoms with Gasteiger partial charge in [-0.1, -0.05) is 115 Å². The van der Waals surface area contributed by atoms with E-state index >= 15 is 0 Å². The van der Waals surface area contributed by atoms with Gasteiger partial charge in [-0.2, -0.15) is 0 Å². The lowest BCUT2D eigenvalue weighted by Gasteiger charge is -2.26. The summed E-state index contributed by atoms with van der Waals surface area (Å²) in [6, 6.07) is 10.1. The van der Waals surface area contributed by atoms with Crippen LogP contribution in [0.4, 0.5) is 0 Å². The summed E-state index contributed by atoms with van der Waals surface area (Å²) in [5, 5.41) is 3.65. The largest absolute Gasteiger partial charge is 0.492 e. The molecular weight excluding hydrogens is 354 g/mol. The van der Waals surface area contributed by atoms with E-state index in [1.165, 1.54) is 96.3 Å². The third kappa shape index (κ3) is 16.5. The predicted octanol–water partition coefficient (Wildman–Crippen LogP) is 8.31. The second kappa shape index (κ2) is 17.8. The Labute approximate surface area is 182 Å². The van der Waals surface area contributed by atoms with Gasteiger partial charge >= 0.3 is 0 Å². The molecule has 0 bridgehead atoms. The van der Waals surface area contributed by atoms with Crippen LogP contribution in [0.25, 0.3) is 0 Å². The number of hydrogen-bond acceptors (Lipinski definition) is 2. The van der Waals surface area contributed by atoms with Crippen molar-refractivity contribution in [1.82, 2.24) is 5.32 Å². The van der Waals surface area contributed by atoms with Crippen molar-refractivity contribution in [2.75, 3.05) is 13.2 Å². The van der Waals surface area contributed by atoms with Crippen molar-refractivity contribution in [3.05, 3.63) is 30.3 Å². The molecule has 2 nitrogen and oxygen atoms in total. The molecule has 0 amide bonds. The van der Waals surface area contributed by atoms with Gasteiger partial charge in [-0.25, -0.2) is 0 Å². The van der Waals surface area contributed by atoms with Gasteiger partial charge in [-0.05, 0) is 38.9 Å². The highest BCUT2D eigenvalue weighted by Crippen LogP contribution is 2.14. The van der Waals surface area contributed by atoms with E-state index in [0.717, 1.165) is 12.3 Å². The van der Waals surface area contributed by atoms with E-state index < -0.39 is 0 Å². The Hall–Kier alpha value is -1.02. The average molecular weight is 404 g/mol. The van der Waals surface area contributed by atoms with E-state index in [0.29, 0.717) is 6.61 Å². The van der Waals surface area contributed by atoms with E-state index in [1.54, 1.807) is 0 Å². The van der Waals surface area contributed by atoms with E-state index in [9.17, 15) is 0 Å². The minimum atomic E-state index is 0.0197. The van der Waals surface area contributed by atoms with Crippen LogP contribution in [0.3, 0.4) is 0 Å². The molecule has 2 heteroatoms. The van der Waals surface area contributed by atoms with Crippen molar-refractivity contribution in [3.63, 3.8) is 0 Å². The monoisotopic (exact) mass is 403 g/mol. The maximum Gasteiger partial charge on any atom is 0.119 e. The fraction of sp³-hybridized carbons (Fsp3) is 0.778. The molecule has 0 aliphatic rings.